The molecule has 112 valence electrons. The molecule has 0 saturated heterocycles. The van der Waals surface area contributed by atoms with E-state index in [0.29, 0.717) is 12.1 Å². The van der Waals surface area contributed by atoms with Gasteiger partial charge in [0.25, 0.3) is 0 Å². The quantitative estimate of drug-likeness (QED) is 0.727. The summed E-state index contributed by atoms with van der Waals surface area (Å²) in [5, 5.41) is 3.78. The van der Waals surface area contributed by atoms with Crippen LogP contribution in [0.1, 0.15) is 70.4 Å². The van der Waals surface area contributed by atoms with Crippen molar-refractivity contribution >= 4 is 0 Å². The van der Waals surface area contributed by atoms with E-state index in [9.17, 15) is 4.39 Å². The molecule has 1 aromatic carbocycles. The first kappa shape index (κ1) is 15.5. The monoisotopic (exact) mass is 277 g/mol. The zero-order valence-corrected chi connectivity index (χ0v) is 12.9. The van der Waals surface area contributed by atoms with Gasteiger partial charge in [-0.05, 0) is 49.8 Å². The first-order chi connectivity index (χ1) is 9.70. The molecule has 1 aromatic rings. The SMILES string of the molecule is CCC(N[C@@H](C)C1CCCCCC1)c1ccc(F)cc1. The normalized spacial score (nSPS) is 20.4. The maximum atomic E-state index is 13.0. The van der Waals surface area contributed by atoms with E-state index in [0.717, 1.165) is 12.3 Å². The lowest BCUT2D eigenvalue weighted by atomic mass is 9.91. The van der Waals surface area contributed by atoms with E-state index < -0.39 is 0 Å². The molecule has 0 amide bonds. The molecule has 0 spiro atoms. The van der Waals surface area contributed by atoms with E-state index in [2.05, 4.69) is 19.2 Å². The lowest BCUT2D eigenvalue weighted by Gasteiger charge is -2.28. The van der Waals surface area contributed by atoms with Crippen LogP contribution in [0.4, 0.5) is 4.39 Å². The second kappa shape index (κ2) is 7.78. The van der Waals surface area contributed by atoms with E-state index in [1.54, 1.807) is 12.1 Å². The smallest absolute Gasteiger partial charge is 0.123 e. The van der Waals surface area contributed by atoms with E-state index in [1.165, 1.54) is 44.1 Å². The van der Waals surface area contributed by atoms with Crippen molar-refractivity contribution in [3.8, 4) is 0 Å². The fraction of sp³-hybridized carbons (Fsp3) is 0.667. The fourth-order valence-corrected chi connectivity index (χ4v) is 3.41. The zero-order chi connectivity index (χ0) is 14.4. The van der Waals surface area contributed by atoms with Crippen molar-refractivity contribution in [3.63, 3.8) is 0 Å². The average molecular weight is 277 g/mol. The third kappa shape index (κ3) is 4.31. The summed E-state index contributed by atoms with van der Waals surface area (Å²) in [5.41, 5.74) is 1.20. The lowest BCUT2D eigenvalue weighted by Crippen LogP contribution is -2.36. The Morgan fingerprint density at radius 1 is 1.10 bits per heavy atom. The number of benzene rings is 1. The lowest BCUT2D eigenvalue weighted by molar-refractivity contribution is 0.306. The second-order valence-electron chi connectivity index (χ2n) is 6.22. The van der Waals surface area contributed by atoms with Gasteiger partial charge >= 0.3 is 0 Å². The Balaban J connectivity index is 1.96. The maximum absolute atomic E-state index is 13.0. The minimum absolute atomic E-state index is 0.152. The highest BCUT2D eigenvalue weighted by molar-refractivity contribution is 5.20. The maximum Gasteiger partial charge on any atom is 0.123 e. The Kier molecular flexibility index (Phi) is 6.03. The summed E-state index contributed by atoms with van der Waals surface area (Å²) in [5.74, 6) is 0.646. The van der Waals surface area contributed by atoms with Crippen LogP contribution in [0.2, 0.25) is 0 Å². The highest BCUT2D eigenvalue weighted by atomic mass is 19.1. The molecule has 0 bridgehead atoms. The molecule has 20 heavy (non-hydrogen) atoms. The van der Waals surface area contributed by atoms with Crippen molar-refractivity contribution in [2.45, 2.75) is 70.9 Å². The highest BCUT2D eigenvalue weighted by Crippen LogP contribution is 2.27. The molecule has 0 heterocycles. The Morgan fingerprint density at radius 2 is 1.70 bits per heavy atom. The summed E-state index contributed by atoms with van der Waals surface area (Å²) in [6.45, 7) is 4.52. The van der Waals surface area contributed by atoms with E-state index in [-0.39, 0.29) is 5.82 Å². The fourth-order valence-electron chi connectivity index (χ4n) is 3.41. The largest absolute Gasteiger partial charge is 0.307 e. The summed E-state index contributed by atoms with van der Waals surface area (Å²) < 4.78 is 13.0. The molecule has 2 rings (SSSR count). The van der Waals surface area contributed by atoms with Crippen LogP contribution in [-0.2, 0) is 0 Å². The summed E-state index contributed by atoms with van der Waals surface area (Å²) in [6.07, 6.45) is 9.32. The standard InChI is InChI=1S/C18H28FN/c1-3-18(16-10-12-17(19)13-11-16)20-14(2)15-8-6-4-5-7-9-15/h10-15,18,20H,3-9H2,1-2H3/t14-,18?/m0/s1. The van der Waals surface area contributed by atoms with Crippen molar-refractivity contribution in [2.24, 2.45) is 5.92 Å². The Morgan fingerprint density at radius 3 is 2.25 bits per heavy atom. The van der Waals surface area contributed by atoms with Gasteiger partial charge in [0.1, 0.15) is 5.82 Å². The van der Waals surface area contributed by atoms with Crippen LogP contribution in [0.3, 0.4) is 0 Å². The first-order valence-corrected chi connectivity index (χ1v) is 8.22. The first-order valence-electron chi connectivity index (χ1n) is 8.22. The molecular weight excluding hydrogens is 249 g/mol. The van der Waals surface area contributed by atoms with E-state index >= 15 is 0 Å². The summed E-state index contributed by atoms with van der Waals surface area (Å²) in [6, 6.07) is 7.84. The molecule has 0 radical (unpaired) electrons. The van der Waals surface area contributed by atoms with Crippen LogP contribution in [0.5, 0.6) is 0 Å². The van der Waals surface area contributed by atoms with Gasteiger partial charge in [-0.1, -0.05) is 44.7 Å². The van der Waals surface area contributed by atoms with Gasteiger partial charge in [0.15, 0.2) is 0 Å². The molecular formula is C18H28FN. The molecule has 1 unspecified atom stereocenters. The molecule has 0 aromatic heterocycles. The highest BCUT2D eigenvalue weighted by Gasteiger charge is 2.21. The molecule has 1 aliphatic rings. The Labute approximate surface area is 123 Å². The molecule has 1 N–H and O–H groups in total. The average Bonchev–Trinajstić information content (AvgIpc) is 2.75. The number of nitrogens with one attached hydrogen (secondary N) is 1. The third-order valence-corrected chi connectivity index (χ3v) is 4.75. The predicted octanol–water partition coefficient (Wildman–Crippen LogP) is 5.23. The van der Waals surface area contributed by atoms with Crippen molar-refractivity contribution in [3.05, 3.63) is 35.6 Å². The van der Waals surface area contributed by atoms with Crippen molar-refractivity contribution in [2.75, 3.05) is 0 Å². The second-order valence-corrected chi connectivity index (χ2v) is 6.22. The third-order valence-electron chi connectivity index (χ3n) is 4.75. The molecule has 2 atom stereocenters. The number of hydrogen-bond donors (Lipinski definition) is 1. The molecule has 2 heteroatoms. The predicted molar refractivity (Wildman–Crippen MR) is 83.2 cm³/mol. The van der Waals surface area contributed by atoms with Crippen LogP contribution in [0.25, 0.3) is 0 Å². The van der Waals surface area contributed by atoms with Crippen LogP contribution < -0.4 is 5.32 Å². The molecule has 1 fully saturated rings. The van der Waals surface area contributed by atoms with Crippen molar-refractivity contribution < 1.29 is 4.39 Å². The minimum atomic E-state index is -0.152. The van der Waals surface area contributed by atoms with Crippen LogP contribution in [0, 0.1) is 11.7 Å². The van der Waals surface area contributed by atoms with Crippen molar-refractivity contribution in [1.29, 1.82) is 0 Å². The van der Waals surface area contributed by atoms with Crippen LogP contribution >= 0.6 is 0 Å². The van der Waals surface area contributed by atoms with Gasteiger partial charge in [-0.2, -0.15) is 0 Å². The summed E-state index contributed by atoms with van der Waals surface area (Å²) >= 11 is 0. The van der Waals surface area contributed by atoms with Gasteiger partial charge in [-0.25, -0.2) is 4.39 Å². The number of rotatable bonds is 5. The van der Waals surface area contributed by atoms with Crippen LogP contribution in [0.15, 0.2) is 24.3 Å². The van der Waals surface area contributed by atoms with Gasteiger partial charge < -0.3 is 5.32 Å². The topological polar surface area (TPSA) is 12.0 Å². The summed E-state index contributed by atoms with van der Waals surface area (Å²) in [4.78, 5) is 0. The Hall–Kier alpha value is -0.890. The molecule has 1 aliphatic carbocycles. The number of halogens is 1. The summed E-state index contributed by atoms with van der Waals surface area (Å²) in [7, 11) is 0. The molecule has 1 saturated carbocycles. The van der Waals surface area contributed by atoms with E-state index in [1.807, 2.05) is 12.1 Å². The van der Waals surface area contributed by atoms with Gasteiger partial charge in [0.05, 0.1) is 0 Å². The Bertz CT molecular complexity index is 379. The molecule has 0 aliphatic heterocycles. The van der Waals surface area contributed by atoms with Gasteiger partial charge in [0, 0.05) is 12.1 Å². The van der Waals surface area contributed by atoms with Gasteiger partial charge in [-0.3, -0.25) is 0 Å². The van der Waals surface area contributed by atoms with Gasteiger partial charge in [0.2, 0.25) is 0 Å². The zero-order valence-electron chi connectivity index (χ0n) is 12.9. The van der Waals surface area contributed by atoms with Crippen LogP contribution in [-0.4, -0.2) is 6.04 Å². The number of hydrogen-bond acceptors (Lipinski definition) is 1. The van der Waals surface area contributed by atoms with E-state index in [4.69, 9.17) is 0 Å². The van der Waals surface area contributed by atoms with Crippen molar-refractivity contribution in [1.82, 2.24) is 5.32 Å². The van der Waals surface area contributed by atoms with Gasteiger partial charge in [-0.15, -0.1) is 0 Å². The molecule has 1 nitrogen and oxygen atoms in total. The minimum Gasteiger partial charge on any atom is -0.307 e.